The Kier molecular flexibility index (Phi) is 5.98. The predicted octanol–water partition coefficient (Wildman–Crippen LogP) is 2.05. The fourth-order valence-electron chi connectivity index (χ4n) is 4.52. The SMILES string of the molecule is CCN(CC)S(=O)(=O)c1cccc(NC(=O)CN2C(=O)NC3(CCc4ccccc43)C2=O)c1. The smallest absolute Gasteiger partial charge is 0.324 e. The summed E-state index contributed by atoms with van der Waals surface area (Å²) in [6.45, 7) is 3.68. The average molecular weight is 471 g/mol. The maximum atomic E-state index is 13.2. The number of hydrogen-bond acceptors (Lipinski definition) is 5. The first-order valence-electron chi connectivity index (χ1n) is 10.9. The lowest BCUT2D eigenvalue weighted by Gasteiger charge is -2.22. The van der Waals surface area contributed by atoms with Crippen molar-refractivity contribution < 1.29 is 22.8 Å². The lowest BCUT2D eigenvalue weighted by Crippen LogP contribution is -2.43. The summed E-state index contributed by atoms with van der Waals surface area (Å²) in [5, 5.41) is 5.38. The fraction of sp³-hybridized carbons (Fsp3) is 0.348. The number of fused-ring (bicyclic) bond motifs is 2. The standard InChI is InChI=1S/C23H26N4O5S/c1-3-26(4-2)33(31,32)18-10-7-9-17(14-18)24-20(28)15-27-21(29)23(25-22(27)30)13-12-16-8-5-6-11-19(16)23/h5-11,14H,3-4,12-13,15H2,1-2H3,(H,24,28)(H,25,30). The zero-order chi connectivity index (χ0) is 23.8. The molecular weight excluding hydrogens is 444 g/mol. The first-order chi connectivity index (χ1) is 15.7. The maximum Gasteiger partial charge on any atom is 0.325 e. The van der Waals surface area contributed by atoms with Gasteiger partial charge < -0.3 is 10.6 Å². The Labute approximate surface area is 192 Å². The lowest BCUT2D eigenvalue weighted by molar-refractivity contribution is -0.134. The lowest BCUT2D eigenvalue weighted by atomic mass is 9.92. The second-order valence-corrected chi connectivity index (χ2v) is 9.99. The maximum absolute atomic E-state index is 13.2. The number of carbonyl (C=O) groups is 3. The van der Waals surface area contributed by atoms with E-state index in [1.165, 1.54) is 22.5 Å². The molecule has 1 fully saturated rings. The molecule has 1 aliphatic heterocycles. The molecule has 1 heterocycles. The minimum absolute atomic E-state index is 0.0560. The number of hydrogen-bond donors (Lipinski definition) is 2. The zero-order valence-corrected chi connectivity index (χ0v) is 19.3. The normalized spacial score (nSPS) is 19.8. The van der Waals surface area contributed by atoms with Gasteiger partial charge in [0, 0.05) is 18.8 Å². The van der Waals surface area contributed by atoms with Gasteiger partial charge in [-0.15, -0.1) is 0 Å². The third kappa shape index (κ3) is 3.89. The fourth-order valence-corrected chi connectivity index (χ4v) is 6.03. The summed E-state index contributed by atoms with van der Waals surface area (Å²) < 4.78 is 26.8. The Balaban J connectivity index is 1.49. The summed E-state index contributed by atoms with van der Waals surface area (Å²) in [5.74, 6) is -1.05. The molecule has 0 bridgehead atoms. The summed E-state index contributed by atoms with van der Waals surface area (Å²) in [5.41, 5.74) is 0.900. The van der Waals surface area contributed by atoms with E-state index in [0.717, 1.165) is 16.0 Å². The number of imide groups is 1. The van der Waals surface area contributed by atoms with Crippen molar-refractivity contribution in [3.63, 3.8) is 0 Å². The molecule has 9 nitrogen and oxygen atoms in total. The van der Waals surface area contributed by atoms with Gasteiger partial charge in [0.05, 0.1) is 4.90 Å². The van der Waals surface area contributed by atoms with Crippen molar-refractivity contribution in [2.75, 3.05) is 25.0 Å². The van der Waals surface area contributed by atoms with E-state index in [9.17, 15) is 22.8 Å². The van der Waals surface area contributed by atoms with Gasteiger partial charge in [-0.1, -0.05) is 44.2 Å². The molecule has 1 aliphatic carbocycles. The first-order valence-corrected chi connectivity index (χ1v) is 12.3. The topological polar surface area (TPSA) is 116 Å². The van der Waals surface area contributed by atoms with Crippen LogP contribution in [0.25, 0.3) is 0 Å². The van der Waals surface area contributed by atoms with Gasteiger partial charge in [0.15, 0.2) is 0 Å². The van der Waals surface area contributed by atoms with Gasteiger partial charge in [-0.05, 0) is 42.2 Å². The number of carbonyl (C=O) groups excluding carboxylic acids is 3. The molecule has 2 aliphatic rings. The van der Waals surface area contributed by atoms with Crippen molar-refractivity contribution >= 4 is 33.6 Å². The molecule has 4 amide bonds. The Morgan fingerprint density at radius 2 is 1.85 bits per heavy atom. The molecule has 2 aromatic carbocycles. The van der Waals surface area contributed by atoms with E-state index in [1.54, 1.807) is 19.9 Å². The van der Waals surface area contributed by atoms with Crippen LogP contribution in [0.1, 0.15) is 31.4 Å². The number of sulfonamides is 1. The molecule has 1 atom stereocenters. The Morgan fingerprint density at radius 3 is 2.58 bits per heavy atom. The minimum atomic E-state index is -3.69. The van der Waals surface area contributed by atoms with E-state index >= 15 is 0 Å². The van der Waals surface area contributed by atoms with Crippen LogP contribution in [0, 0.1) is 0 Å². The number of anilines is 1. The molecular formula is C23H26N4O5S. The summed E-state index contributed by atoms with van der Waals surface area (Å²) >= 11 is 0. The molecule has 2 aromatic rings. The molecule has 174 valence electrons. The summed E-state index contributed by atoms with van der Waals surface area (Å²) in [7, 11) is -3.69. The van der Waals surface area contributed by atoms with Crippen LogP contribution >= 0.6 is 0 Å². The number of rotatable bonds is 7. The van der Waals surface area contributed by atoms with Gasteiger partial charge in [0.1, 0.15) is 12.1 Å². The van der Waals surface area contributed by atoms with E-state index in [0.29, 0.717) is 25.9 Å². The number of nitrogens with one attached hydrogen (secondary N) is 2. The minimum Gasteiger partial charge on any atom is -0.324 e. The van der Waals surface area contributed by atoms with Crippen LogP contribution in [0.5, 0.6) is 0 Å². The van der Waals surface area contributed by atoms with Crippen LogP contribution in [0.15, 0.2) is 53.4 Å². The van der Waals surface area contributed by atoms with Crippen LogP contribution in [0.4, 0.5) is 10.5 Å². The third-order valence-electron chi connectivity index (χ3n) is 6.18. The van der Waals surface area contributed by atoms with Crippen LogP contribution in [-0.2, 0) is 31.6 Å². The summed E-state index contributed by atoms with van der Waals surface area (Å²) in [4.78, 5) is 39.4. The van der Waals surface area contributed by atoms with Gasteiger partial charge in [-0.2, -0.15) is 4.31 Å². The van der Waals surface area contributed by atoms with E-state index in [-0.39, 0.29) is 10.6 Å². The van der Waals surface area contributed by atoms with E-state index in [4.69, 9.17) is 0 Å². The molecule has 1 unspecified atom stereocenters. The summed E-state index contributed by atoms with van der Waals surface area (Å²) in [6.07, 6.45) is 1.11. The number of aryl methyl sites for hydroxylation is 1. The van der Waals surface area contributed by atoms with Crippen LogP contribution in [-0.4, -0.2) is 55.1 Å². The summed E-state index contributed by atoms with van der Waals surface area (Å²) in [6, 6.07) is 12.8. The molecule has 2 N–H and O–H groups in total. The largest absolute Gasteiger partial charge is 0.325 e. The average Bonchev–Trinajstić information content (AvgIpc) is 3.28. The molecule has 0 aromatic heterocycles. The molecule has 1 saturated heterocycles. The third-order valence-corrected chi connectivity index (χ3v) is 8.23. The Morgan fingerprint density at radius 1 is 1.12 bits per heavy atom. The predicted molar refractivity (Wildman–Crippen MR) is 122 cm³/mol. The number of benzene rings is 2. The van der Waals surface area contributed by atoms with Gasteiger partial charge >= 0.3 is 6.03 Å². The van der Waals surface area contributed by atoms with Crippen LogP contribution < -0.4 is 10.6 Å². The second-order valence-electron chi connectivity index (χ2n) is 8.05. The van der Waals surface area contributed by atoms with E-state index in [1.807, 2.05) is 24.3 Å². The molecule has 0 saturated carbocycles. The van der Waals surface area contributed by atoms with Crippen molar-refractivity contribution in [3.05, 3.63) is 59.7 Å². The first kappa shape index (κ1) is 22.9. The van der Waals surface area contributed by atoms with E-state index < -0.39 is 40.0 Å². The highest BCUT2D eigenvalue weighted by Gasteiger charge is 2.55. The molecule has 4 rings (SSSR count). The Hall–Kier alpha value is -3.24. The quantitative estimate of drug-likeness (QED) is 0.601. The van der Waals surface area contributed by atoms with Gasteiger partial charge in [-0.3, -0.25) is 14.5 Å². The zero-order valence-electron chi connectivity index (χ0n) is 18.5. The molecule has 0 radical (unpaired) electrons. The molecule has 33 heavy (non-hydrogen) atoms. The number of urea groups is 1. The van der Waals surface area contributed by atoms with Crippen LogP contribution in [0.3, 0.4) is 0 Å². The van der Waals surface area contributed by atoms with Crippen molar-refractivity contribution in [2.45, 2.75) is 37.1 Å². The van der Waals surface area contributed by atoms with E-state index in [2.05, 4.69) is 10.6 Å². The molecule has 10 heteroatoms. The highest BCUT2D eigenvalue weighted by molar-refractivity contribution is 7.89. The van der Waals surface area contributed by atoms with Gasteiger partial charge in [-0.25, -0.2) is 13.2 Å². The molecule has 1 spiro atoms. The highest BCUT2D eigenvalue weighted by Crippen LogP contribution is 2.41. The highest BCUT2D eigenvalue weighted by atomic mass is 32.2. The second kappa shape index (κ2) is 8.60. The monoisotopic (exact) mass is 470 g/mol. The number of amides is 4. The van der Waals surface area contributed by atoms with Crippen LogP contribution in [0.2, 0.25) is 0 Å². The Bertz CT molecular complexity index is 1220. The van der Waals surface area contributed by atoms with Gasteiger partial charge in [0.2, 0.25) is 15.9 Å². The van der Waals surface area contributed by atoms with Crippen molar-refractivity contribution in [3.8, 4) is 0 Å². The van der Waals surface area contributed by atoms with Crippen molar-refractivity contribution in [1.82, 2.24) is 14.5 Å². The van der Waals surface area contributed by atoms with Crippen molar-refractivity contribution in [2.24, 2.45) is 0 Å². The van der Waals surface area contributed by atoms with Gasteiger partial charge in [0.25, 0.3) is 5.91 Å². The number of nitrogens with zero attached hydrogens (tertiary/aromatic N) is 2. The van der Waals surface area contributed by atoms with Crippen molar-refractivity contribution in [1.29, 1.82) is 0 Å².